The Morgan fingerprint density at radius 1 is 1.35 bits per heavy atom. The maximum absolute atomic E-state index is 13.3. The van der Waals surface area contributed by atoms with E-state index >= 15 is 0 Å². The van der Waals surface area contributed by atoms with Crippen molar-refractivity contribution < 1.29 is 11.3 Å². The Kier molecular flexibility index (Phi) is 4.41. The minimum absolute atomic E-state index is 0.0179. The molecule has 1 amide bonds. The highest BCUT2D eigenvalue weighted by Gasteiger charge is 2.32. The number of aliphatic hydroxyl groups excluding tert-OH is 1. The number of hydrogen-bond donors (Lipinski definition) is 1. The van der Waals surface area contributed by atoms with Gasteiger partial charge in [0.05, 0.1) is 26.1 Å². The molecule has 9 heteroatoms. The molecular weight excluding hydrogens is 394 g/mol. The molecule has 1 atom stereocenters. The van der Waals surface area contributed by atoms with Gasteiger partial charge in [0, 0.05) is 31.2 Å². The number of nitrogens with zero attached hydrogens (tertiary/aromatic N) is 7. The first-order valence-electron chi connectivity index (χ1n) is 11.0. The van der Waals surface area contributed by atoms with E-state index in [1.54, 1.807) is 17.0 Å². The number of rotatable bonds is 5. The number of aryl methyl sites for hydroxylation is 1. The smallest absolute Gasteiger partial charge is 0.260 e. The lowest BCUT2D eigenvalue weighted by molar-refractivity contribution is 0.0996. The zero-order chi connectivity index (χ0) is 22.6. The van der Waals surface area contributed by atoms with Crippen LogP contribution in [0.5, 0.6) is 0 Å². The lowest BCUT2D eigenvalue weighted by atomic mass is 10.1. The van der Waals surface area contributed by atoms with Gasteiger partial charge < -0.3 is 14.6 Å². The van der Waals surface area contributed by atoms with Crippen LogP contribution in [0.1, 0.15) is 49.4 Å². The second-order valence-corrected chi connectivity index (χ2v) is 8.28. The molecule has 0 bridgehead atoms. The van der Waals surface area contributed by atoms with E-state index in [1.807, 2.05) is 42.5 Å². The molecule has 160 valence electrons. The van der Waals surface area contributed by atoms with Gasteiger partial charge in [-0.15, -0.1) is 10.2 Å². The highest BCUT2D eigenvalue weighted by molar-refractivity contribution is 6.09. The Balaban J connectivity index is 1.49. The van der Waals surface area contributed by atoms with Crippen LogP contribution >= 0.6 is 0 Å². The molecule has 0 radical (unpaired) electrons. The standard InChI is InChI=1S/C22H25N7O2/c1-13(2)27(3)20-9-16-14(10-23-20)11-28(22(16)31)18-6-4-5-17(24-18)21-26-25-19-8-7-15(12-30)29(19)21/h4-6,9-10,13,15,30H,7-8,11-12H2,1-3H3/i10D. The molecule has 31 heavy (non-hydrogen) atoms. The molecule has 0 fully saturated rings. The van der Waals surface area contributed by atoms with E-state index in [2.05, 4.69) is 15.2 Å². The van der Waals surface area contributed by atoms with Crippen molar-refractivity contribution in [3.8, 4) is 11.5 Å². The van der Waals surface area contributed by atoms with E-state index in [1.165, 1.54) is 0 Å². The monoisotopic (exact) mass is 420 g/mol. The van der Waals surface area contributed by atoms with Gasteiger partial charge in [0.2, 0.25) is 0 Å². The third-order valence-corrected chi connectivity index (χ3v) is 6.12. The van der Waals surface area contributed by atoms with Crippen molar-refractivity contribution in [3.05, 3.63) is 47.4 Å². The molecule has 0 spiro atoms. The van der Waals surface area contributed by atoms with E-state index in [4.69, 9.17) is 6.35 Å². The third kappa shape index (κ3) is 3.16. The molecule has 9 nitrogen and oxygen atoms in total. The number of aliphatic hydroxyl groups is 1. The second kappa shape index (κ2) is 7.42. The number of anilines is 2. The van der Waals surface area contributed by atoms with E-state index < -0.39 is 0 Å². The first-order valence-corrected chi connectivity index (χ1v) is 10.5. The van der Waals surface area contributed by atoms with E-state index in [-0.39, 0.29) is 37.3 Å². The van der Waals surface area contributed by atoms with Crippen LogP contribution in [0.4, 0.5) is 11.6 Å². The molecule has 3 aromatic rings. The average Bonchev–Trinajstić information content (AvgIpc) is 3.47. The fourth-order valence-electron chi connectivity index (χ4n) is 4.10. The fraction of sp³-hybridized carbons (Fsp3) is 0.409. The molecule has 2 aliphatic rings. The topological polar surface area (TPSA) is 100 Å². The first kappa shape index (κ1) is 18.4. The summed E-state index contributed by atoms with van der Waals surface area (Å²) in [7, 11) is 1.90. The highest BCUT2D eigenvalue weighted by atomic mass is 16.3. The predicted molar refractivity (Wildman–Crippen MR) is 116 cm³/mol. The summed E-state index contributed by atoms with van der Waals surface area (Å²) in [6.07, 6.45) is 1.70. The van der Waals surface area contributed by atoms with E-state index in [0.717, 1.165) is 18.7 Å². The quantitative estimate of drug-likeness (QED) is 0.675. The summed E-state index contributed by atoms with van der Waals surface area (Å²) < 4.78 is 10.3. The highest BCUT2D eigenvalue weighted by Crippen LogP contribution is 2.33. The summed E-state index contributed by atoms with van der Waals surface area (Å²) in [5.41, 5.74) is 1.69. The normalized spacial score (nSPS) is 17.8. The minimum Gasteiger partial charge on any atom is -0.394 e. The Morgan fingerprint density at radius 3 is 2.97 bits per heavy atom. The van der Waals surface area contributed by atoms with Gasteiger partial charge in [0.15, 0.2) is 5.82 Å². The van der Waals surface area contributed by atoms with Crippen molar-refractivity contribution in [3.63, 3.8) is 0 Å². The zero-order valence-corrected chi connectivity index (χ0v) is 17.8. The lowest BCUT2D eigenvalue weighted by Gasteiger charge is -2.22. The summed E-state index contributed by atoms with van der Waals surface area (Å²) in [5, 5.41) is 18.2. The molecule has 2 aliphatic heterocycles. The van der Waals surface area contributed by atoms with Gasteiger partial charge in [-0.25, -0.2) is 9.97 Å². The van der Waals surface area contributed by atoms with Crippen molar-refractivity contribution in [1.82, 2.24) is 24.7 Å². The molecule has 5 rings (SSSR count). The van der Waals surface area contributed by atoms with E-state index in [9.17, 15) is 9.90 Å². The summed E-state index contributed by atoms with van der Waals surface area (Å²) >= 11 is 0. The van der Waals surface area contributed by atoms with Crippen LogP contribution in [-0.4, -0.2) is 55.4 Å². The molecule has 1 unspecified atom stereocenters. The number of amides is 1. The molecule has 0 aromatic carbocycles. The number of fused-ring (bicyclic) bond motifs is 2. The summed E-state index contributed by atoms with van der Waals surface area (Å²) in [5.74, 6) is 2.32. The van der Waals surface area contributed by atoms with Crippen molar-refractivity contribution >= 4 is 17.5 Å². The molecule has 1 N–H and O–H groups in total. The number of hydrogen-bond acceptors (Lipinski definition) is 7. The average molecular weight is 420 g/mol. The summed E-state index contributed by atoms with van der Waals surface area (Å²) in [6.45, 7) is 4.33. The van der Waals surface area contributed by atoms with Gasteiger partial charge in [-0.2, -0.15) is 0 Å². The zero-order valence-electron chi connectivity index (χ0n) is 18.8. The van der Waals surface area contributed by atoms with Crippen molar-refractivity contribution in [2.45, 2.75) is 45.3 Å². The molecule has 0 saturated heterocycles. The minimum atomic E-state index is -0.196. The third-order valence-electron chi connectivity index (χ3n) is 6.12. The Hall–Kier alpha value is -3.33. The molecule has 3 aromatic heterocycles. The van der Waals surface area contributed by atoms with Crippen molar-refractivity contribution in [2.24, 2.45) is 0 Å². The summed E-state index contributed by atoms with van der Waals surface area (Å²) in [4.78, 5) is 25.9. The first-order chi connectivity index (χ1) is 15.4. The maximum Gasteiger partial charge on any atom is 0.260 e. The second-order valence-electron chi connectivity index (χ2n) is 8.28. The number of carbonyl (C=O) groups is 1. The van der Waals surface area contributed by atoms with Gasteiger partial charge in [0.1, 0.15) is 23.2 Å². The van der Waals surface area contributed by atoms with Gasteiger partial charge >= 0.3 is 0 Å². The fourth-order valence-corrected chi connectivity index (χ4v) is 4.10. The Bertz CT molecular complexity index is 1210. The largest absolute Gasteiger partial charge is 0.394 e. The van der Waals surface area contributed by atoms with E-state index in [0.29, 0.717) is 34.3 Å². The molecule has 0 aliphatic carbocycles. The molecule has 5 heterocycles. The van der Waals surface area contributed by atoms with Gasteiger partial charge in [-0.3, -0.25) is 9.69 Å². The van der Waals surface area contributed by atoms with Crippen LogP contribution < -0.4 is 9.80 Å². The number of pyridine rings is 2. The Labute approximate surface area is 181 Å². The maximum atomic E-state index is 13.3. The number of aromatic nitrogens is 5. The SMILES string of the molecule is [2H]c1nc(N(C)C(C)C)cc2c1CN(c1cccc(-c3nnc4n3C(CO)CC4)n1)C2=O. The summed E-state index contributed by atoms with van der Waals surface area (Å²) in [6, 6.07) is 7.32. The van der Waals surface area contributed by atoms with Crippen LogP contribution in [0.2, 0.25) is 0 Å². The van der Waals surface area contributed by atoms with Crippen LogP contribution in [-0.2, 0) is 13.0 Å². The van der Waals surface area contributed by atoms with Gasteiger partial charge in [-0.05, 0) is 38.5 Å². The molecular formula is C22H25N7O2. The molecule has 0 saturated carbocycles. The number of carbonyl (C=O) groups excluding carboxylic acids is 1. The van der Waals surface area contributed by atoms with Gasteiger partial charge in [0.25, 0.3) is 5.91 Å². The van der Waals surface area contributed by atoms with Gasteiger partial charge in [-0.1, -0.05) is 6.07 Å². The predicted octanol–water partition coefficient (Wildman–Crippen LogP) is 2.22. The van der Waals surface area contributed by atoms with Crippen LogP contribution in [0.15, 0.2) is 30.4 Å². The van der Waals surface area contributed by atoms with Crippen LogP contribution in [0, 0.1) is 0 Å². The lowest BCUT2D eigenvalue weighted by Crippen LogP contribution is -2.27. The van der Waals surface area contributed by atoms with Crippen molar-refractivity contribution in [1.29, 1.82) is 0 Å². The van der Waals surface area contributed by atoms with Crippen LogP contribution in [0.3, 0.4) is 0 Å². The van der Waals surface area contributed by atoms with Crippen molar-refractivity contribution in [2.75, 3.05) is 23.5 Å². The Morgan fingerprint density at radius 2 is 2.19 bits per heavy atom. The van der Waals surface area contributed by atoms with Crippen LogP contribution in [0.25, 0.3) is 11.5 Å².